The second-order valence-electron chi connectivity index (χ2n) is 5.70. The predicted octanol–water partition coefficient (Wildman–Crippen LogP) is 0.858. The SMILES string of the molecule is CN1CCCCC1CNC(=O)C1(N)CCCC1. The Morgan fingerprint density at radius 2 is 2.06 bits per heavy atom. The van der Waals surface area contributed by atoms with Crippen LogP contribution in [0.1, 0.15) is 44.9 Å². The molecule has 1 saturated heterocycles. The third-order valence-corrected chi connectivity index (χ3v) is 4.37. The van der Waals surface area contributed by atoms with Crippen LogP contribution in [-0.2, 0) is 4.79 Å². The molecule has 2 rings (SSSR count). The zero-order chi connectivity index (χ0) is 12.3. The zero-order valence-electron chi connectivity index (χ0n) is 10.9. The van der Waals surface area contributed by atoms with E-state index < -0.39 is 5.54 Å². The van der Waals surface area contributed by atoms with Crippen molar-refractivity contribution < 1.29 is 4.79 Å². The van der Waals surface area contributed by atoms with E-state index in [1.54, 1.807) is 0 Å². The summed E-state index contributed by atoms with van der Waals surface area (Å²) in [5, 5.41) is 3.06. The van der Waals surface area contributed by atoms with Crippen molar-refractivity contribution in [2.45, 2.75) is 56.5 Å². The number of carbonyl (C=O) groups is 1. The van der Waals surface area contributed by atoms with E-state index in [4.69, 9.17) is 5.73 Å². The smallest absolute Gasteiger partial charge is 0.240 e. The Morgan fingerprint density at radius 3 is 2.71 bits per heavy atom. The first-order valence-corrected chi connectivity index (χ1v) is 6.89. The summed E-state index contributed by atoms with van der Waals surface area (Å²) in [7, 11) is 2.14. The number of amides is 1. The van der Waals surface area contributed by atoms with Gasteiger partial charge in [-0.25, -0.2) is 0 Å². The Bertz CT molecular complexity index is 274. The van der Waals surface area contributed by atoms with Gasteiger partial charge in [-0.15, -0.1) is 0 Å². The number of nitrogens with one attached hydrogen (secondary N) is 1. The van der Waals surface area contributed by atoms with Gasteiger partial charge in [0.1, 0.15) is 0 Å². The summed E-state index contributed by atoms with van der Waals surface area (Å²) >= 11 is 0. The molecule has 98 valence electrons. The Balaban J connectivity index is 1.79. The van der Waals surface area contributed by atoms with Crippen molar-refractivity contribution in [2.75, 3.05) is 20.1 Å². The van der Waals surface area contributed by atoms with Crippen LogP contribution in [0.3, 0.4) is 0 Å². The van der Waals surface area contributed by atoms with Gasteiger partial charge in [0.15, 0.2) is 0 Å². The molecule has 4 nitrogen and oxygen atoms in total. The lowest BCUT2D eigenvalue weighted by Gasteiger charge is -2.33. The molecule has 4 heteroatoms. The zero-order valence-corrected chi connectivity index (χ0v) is 10.9. The summed E-state index contributed by atoms with van der Waals surface area (Å²) in [4.78, 5) is 14.4. The molecular formula is C13H25N3O. The molecule has 0 aromatic heterocycles. The second kappa shape index (κ2) is 5.36. The molecule has 0 bridgehead atoms. The van der Waals surface area contributed by atoms with Gasteiger partial charge in [0, 0.05) is 12.6 Å². The van der Waals surface area contributed by atoms with Crippen LogP contribution in [0, 0.1) is 0 Å². The van der Waals surface area contributed by atoms with Gasteiger partial charge >= 0.3 is 0 Å². The van der Waals surface area contributed by atoms with E-state index in [9.17, 15) is 4.79 Å². The highest BCUT2D eigenvalue weighted by atomic mass is 16.2. The quantitative estimate of drug-likeness (QED) is 0.768. The first-order valence-electron chi connectivity index (χ1n) is 6.89. The molecule has 0 aromatic rings. The van der Waals surface area contributed by atoms with E-state index in [-0.39, 0.29) is 5.91 Å². The molecule has 0 radical (unpaired) electrons. The van der Waals surface area contributed by atoms with Crippen LogP contribution in [0.4, 0.5) is 0 Å². The van der Waals surface area contributed by atoms with Crippen LogP contribution in [0.5, 0.6) is 0 Å². The number of piperidine rings is 1. The number of likely N-dealkylation sites (N-methyl/N-ethyl adjacent to an activating group) is 1. The topological polar surface area (TPSA) is 58.4 Å². The molecule has 1 heterocycles. The summed E-state index contributed by atoms with van der Waals surface area (Å²) in [5.74, 6) is 0.0639. The normalized spacial score (nSPS) is 29.2. The average Bonchev–Trinajstić information content (AvgIpc) is 2.76. The van der Waals surface area contributed by atoms with Crippen LogP contribution < -0.4 is 11.1 Å². The van der Waals surface area contributed by atoms with Gasteiger partial charge in [-0.1, -0.05) is 19.3 Å². The van der Waals surface area contributed by atoms with Crippen molar-refractivity contribution in [1.29, 1.82) is 0 Å². The molecule has 2 aliphatic rings. The van der Waals surface area contributed by atoms with Crippen molar-refractivity contribution in [3.8, 4) is 0 Å². The van der Waals surface area contributed by atoms with Gasteiger partial charge in [0.2, 0.25) is 5.91 Å². The summed E-state index contributed by atoms with van der Waals surface area (Å²) in [6.45, 7) is 1.91. The fraction of sp³-hybridized carbons (Fsp3) is 0.923. The van der Waals surface area contributed by atoms with Crippen LogP contribution in [0.15, 0.2) is 0 Å². The number of hydrogen-bond acceptors (Lipinski definition) is 3. The predicted molar refractivity (Wildman–Crippen MR) is 68.7 cm³/mol. The highest BCUT2D eigenvalue weighted by Gasteiger charge is 2.37. The Morgan fingerprint density at radius 1 is 1.35 bits per heavy atom. The molecule has 1 atom stereocenters. The molecule has 1 aliphatic carbocycles. The Hall–Kier alpha value is -0.610. The minimum atomic E-state index is -0.576. The van der Waals surface area contributed by atoms with Gasteiger partial charge in [-0.2, -0.15) is 0 Å². The lowest BCUT2D eigenvalue weighted by atomic mass is 9.97. The molecule has 2 fully saturated rings. The molecule has 1 amide bonds. The largest absolute Gasteiger partial charge is 0.353 e. The van der Waals surface area contributed by atoms with Crippen molar-refractivity contribution in [1.82, 2.24) is 10.2 Å². The maximum atomic E-state index is 12.1. The van der Waals surface area contributed by atoms with E-state index in [1.807, 2.05) is 0 Å². The van der Waals surface area contributed by atoms with Crippen molar-refractivity contribution in [3.05, 3.63) is 0 Å². The van der Waals surface area contributed by atoms with Gasteiger partial charge in [0.05, 0.1) is 5.54 Å². The van der Waals surface area contributed by atoms with Crippen LogP contribution in [0.25, 0.3) is 0 Å². The number of carbonyl (C=O) groups excluding carboxylic acids is 1. The minimum absolute atomic E-state index is 0.0639. The highest BCUT2D eigenvalue weighted by molar-refractivity contribution is 5.86. The molecule has 1 unspecified atom stereocenters. The van der Waals surface area contributed by atoms with Crippen LogP contribution >= 0.6 is 0 Å². The fourth-order valence-electron chi connectivity index (χ4n) is 3.02. The Labute approximate surface area is 104 Å². The molecule has 3 N–H and O–H groups in total. The molecule has 17 heavy (non-hydrogen) atoms. The maximum absolute atomic E-state index is 12.1. The monoisotopic (exact) mass is 239 g/mol. The second-order valence-corrected chi connectivity index (χ2v) is 5.70. The van der Waals surface area contributed by atoms with Gasteiger partial charge in [-0.05, 0) is 39.3 Å². The minimum Gasteiger partial charge on any atom is -0.353 e. The first-order chi connectivity index (χ1) is 8.12. The number of rotatable bonds is 3. The van der Waals surface area contributed by atoms with Gasteiger partial charge < -0.3 is 16.0 Å². The van der Waals surface area contributed by atoms with Crippen LogP contribution in [0.2, 0.25) is 0 Å². The number of nitrogens with two attached hydrogens (primary N) is 1. The van der Waals surface area contributed by atoms with E-state index in [1.165, 1.54) is 19.3 Å². The highest BCUT2D eigenvalue weighted by Crippen LogP contribution is 2.27. The molecule has 1 saturated carbocycles. The summed E-state index contributed by atoms with van der Waals surface area (Å²) in [6, 6.07) is 0.498. The number of nitrogens with zero attached hydrogens (tertiary/aromatic N) is 1. The lowest BCUT2D eigenvalue weighted by molar-refractivity contribution is -0.126. The number of likely N-dealkylation sites (tertiary alicyclic amines) is 1. The molecule has 0 aromatic carbocycles. The summed E-state index contributed by atoms with van der Waals surface area (Å²) < 4.78 is 0. The summed E-state index contributed by atoms with van der Waals surface area (Å²) in [6.07, 6.45) is 7.62. The molecule has 0 spiro atoms. The van der Waals surface area contributed by atoms with Gasteiger partial charge in [0.25, 0.3) is 0 Å². The van der Waals surface area contributed by atoms with Crippen molar-refractivity contribution in [2.24, 2.45) is 5.73 Å². The number of hydrogen-bond donors (Lipinski definition) is 2. The fourth-order valence-corrected chi connectivity index (χ4v) is 3.02. The third kappa shape index (κ3) is 2.99. The van der Waals surface area contributed by atoms with E-state index in [0.29, 0.717) is 6.04 Å². The standard InChI is InChI=1S/C13H25N3O/c1-16-9-5-2-6-11(16)10-15-12(17)13(14)7-3-4-8-13/h11H,2-10,14H2,1H3,(H,15,17). The van der Waals surface area contributed by atoms with E-state index in [2.05, 4.69) is 17.3 Å². The molecular weight excluding hydrogens is 214 g/mol. The summed E-state index contributed by atoms with van der Waals surface area (Å²) in [5.41, 5.74) is 5.55. The third-order valence-electron chi connectivity index (χ3n) is 4.37. The first kappa shape index (κ1) is 12.8. The lowest BCUT2D eigenvalue weighted by Crippen LogP contribution is -2.54. The maximum Gasteiger partial charge on any atom is 0.240 e. The average molecular weight is 239 g/mol. The van der Waals surface area contributed by atoms with E-state index >= 15 is 0 Å². The van der Waals surface area contributed by atoms with E-state index in [0.717, 1.165) is 38.8 Å². The van der Waals surface area contributed by atoms with Gasteiger partial charge in [-0.3, -0.25) is 4.79 Å². The Kier molecular flexibility index (Phi) is 4.05. The van der Waals surface area contributed by atoms with Crippen LogP contribution in [-0.4, -0.2) is 42.5 Å². The van der Waals surface area contributed by atoms with Crippen molar-refractivity contribution >= 4 is 5.91 Å². The van der Waals surface area contributed by atoms with Crippen molar-refractivity contribution in [3.63, 3.8) is 0 Å². The molecule has 1 aliphatic heterocycles.